The monoisotopic (exact) mass is 391 g/mol. The van der Waals surface area contributed by atoms with E-state index >= 15 is 0 Å². The van der Waals surface area contributed by atoms with Crippen molar-refractivity contribution in [2.24, 2.45) is 0 Å². The van der Waals surface area contributed by atoms with Gasteiger partial charge in [-0.1, -0.05) is 0 Å². The molecule has 0 spiro atoms. The molecule has 0 heterocycles. The molecule has 0 atom stereocenters. The van der Waals surface area contributed by atoms with Crippen molar-refractivity contribution in [1.29, 1.82) is 0 Å². The second-order valence-electron chi connectivity index (χ2n) is 3.32. The van der Waals surface area contributed by atoms with Gasteiger partial charge in [0.15, 0.2) is 0 Å². The summed E-state index contributed by atoms with van der Waals surface area (Å²) in [6.45, 7) is 0. The fourth-order valence-electron chi connectivity index (χ4n) is 0.714. The Bertz CT molecular complexity index is 328. The van der Waals surface area contributed by atoms with E-state index in [1.165, 1.54) is 6.08 Å². The van der Waals surface area contributed by atoms with Crippen LogP contribution in [0.1, 0.15) is 5.56 Å². The van der Waals surface area contributed by atoms with Crippen LogP contribution in [-0.4, -0.2) is 70.7 Å². The number of halogens is 12. The van der Waals surface area contributed by atoms with Crippen LogP contribution in [0.3, 0.4) is 0 Å². The maximum atomic E-state index is 9.75. The van der Waals surface area contributed by atoms with Crippen molar-refractivity contribution in [3.63, 3.8) is 0 Å². The first-order valence-electron chi connectivity index (χ1n) is 5.59. The SMILES string of the molecule is F[B-](F)(F)F.F[B-](F)(F)F.F[B-](F)(F)F.[K][CH2]c1ccccc1. The third-order valence-corrected chi connectivity index (χ3v) is 2.53. The Morgan fingerprint density at radius 1 is 0.565 bits per heavy atom. The molecular formula is C7H7B3F12K-3. The van der Waals surface area contributed by atoms with Crippen molar-refractivity contribution in [3.05, 3.63) is 35.9 Å². The van der Waals surface area contributed by atoms with Gasteiger partial charge in [-0.15, -0.1) is 0 Å². The maximum absolute atomic E-state index is 9.75. The fourth-order valence-corrected chi connectivity index (χ4v) is 1.45. The van der Waals surface area contributed by atoms with Crippen LogP contribution in [0, 0.1) is 0 Å². The number of hydrogen-bond donors (Lipinski definition) is 0. The van der Waals surface area contributed by atoms with E-state index in [-0.39, 0.29) is 0 Å². The average molecular weight is 391 g/mol. The molecule has 23 heavy (non-hydrogen) atoms. The predicted molar refractivity (Wildman–Crippen MR) is 66.5 cm³/mol. The molecule has 0 aromatic heterocycles. The van der Waals surface area contributed by atoms with E-state index in [9.17, 15) is 51.8 Å². The van der Waals surface area contributed by atoms with E-state index < -0.39 is 21.8 Å². The zero-order valence-corrected chi connectivity index (χ0v) is 14.5. The van der Waals surface area contributed by atoms with E-state index in [0.717, 1.165) is 49.0 Å². The third kappa shape index (κ3) is 87.0. The van der Waals surface area contributed by atoms with Gasteiger partial charge in [0.2, 0.25) is 0 Å². The molecule has 132 valence electrons. The molecule has 1 rings (SSSR count). The van der Waals surface area contributed by atoms with E-state index in [0.29, 0.717) is 0 Å². The van der Waals surface area contributed by atoms with E-state index in [1.807, 2.05) is 0 Å². The summed E-state index contributed by atoms with van der Waals surface area (Å²) < 4.78 is 118. The summed E-state index contributed by atoms with van der Waals surface area (Å²) in [5, 5.41) is 0. The minimum absolute atomic E-state index is 0.967. The molecule has 0 saturated heterocycles. The molecule has 16 heteroatoms. The summed E-state index contributed by atoms with van der Waals surface area (Å²) in [5.41, 5.74) is 1.49. The van der Waals surface area contributed by atoms with E-state index in [1.54, 1.807) is 0 Å². The summed E-state index contributed by atoms with van der Waals surface area (Å²) >= 11 is 0.967. The van der Waals surface area contributed by atoms with Crippen LogP contribution < -0.4 is 0 Å². The minimum atomic E-state index is -6.00. The zero-order chi connectivity index (χ0) is 19.3. The molecule has 1 aromatic carbocycles. The quantitative estimate of drug-likeness (QED) is 0.453. The van der Waals surface area contributed by atoms with Crippen LogP contribution >= 0.6 is 0 Å². The second-order valence-corrected chi connectivity index (χ2v) is 4.43. The molecule has 0 N–H and O–H groups in total. The molecule has 0 amide bonds. The molecular weight excluding hydrogens is 384 g/mol. The Balaban J connectivity index is -0.000000240. The van der Waals surface area contributed by atoms with Crippen molar-refractivity contribution in [3.8, 4) is 0 Å². The number of benzene rings is 1. The summed E-state index contributed by atoms with van der Waals surface area (Å²) in [5.74, 6) is 0. The van der Waals surface area contributed by atoms with Crippen molar-refractivity contribution in [1.82, 2.24) is 0 Å². The molecule has 0 aliphatic rings. The van der Waals surface area contributed by atoms with Gasteiger partial charge in [0.25, 0.3) is 0 Å². The summed E-state index contributed by atoms with van der Waals surface area (Å²) in [6.07, 6.45) is 0. The first kappa shape index (κ1) is 28.0. The molecule has 0 radical (unpaired) electrons. The zero-order valence-electron chi connectivity index (χ0n) is 11.4. The van der Waals surface area contributed by atoms with Crippen molar-refractivity contribution in [2.75, 3.05) is 0 Å². The second kappa shape index (κ2) is 13.5. The standard InChI is InChI=1S/C7H7.3BF4.K/c1-7-5-3-2-4-6-7;3*2-1(3,4)5;/h2-6H,1H2;;;;/q;3*-1;. The Morgan fingerprint density at radius 2 is 0.783 bits per heavy atom. The summed E-state index contributed by atoms with van der Waals surface area (Å²) in [7, 11) is -18.0. The normalized spacial score (nSPS) is 11.0. The first-order valence-corrected chi connectivity index (χ1v) is 7.80. The molecule has 0 aliphatic carbocycles. The Morgan fingerprint density at radius 3 is 0.913 bits per heavy atom. The van der Waals surface area contributed by atoms with Gasteiger partial charge < -0.3 is 51.8 Å². The predicted octanol–water partition coefficient (Wildman–Crippen LogP) is 5.26. The van der Waals surface area contributed by atoms with Gasteiger partial charge in [-0.3, -0.25) is 0 Å². The van der Waals surface area contributed by atoms with Crippen molar-refractivity contribution >= 4 is 70.7 Å². The van der Waals surface area contributed by atoms with Crippen molar-refractivity contribution in [2.45, 2.75) is 0.515 Å². The van der Waals surface area contributed by atoms with Crippen LogP contribution in [0.15, 0.2) is 30.3 Å². The molecule has 1 aromatic rings. The van der Waals surface area contributed by atoms with Crippen molar-refractivity contribution < 1.29 is 51.8 Å². The van der Waals surface area contributed by atoms with Gasteiger partial charge >= 0.3 is 107 Å². The molecule has 0 unspecified atom stereocenters. The molecule has 0 nitrogen and oxygen atoms in total. The van der Waals surface area contributed by atoms with Crippen LogP contribution in [-0.2, 0) is 0.515 Å². The first-order chi connectivity index (χ1) is 9.93. The molecule has 0 fully saturated rings. The Labute approximate surface area is 157 Å². The number of hydrogen-bond acceptors (Lipinski definition) is 0. The average Bonchev–Trinajstić information content (AvgIpc) is 2.23. The Kier molecular flexibility index (Phi) is 16.4. The van der Waals surface area contributed by atoms with Gasteiger partial charge in [0.1, 0.15) is 0 Å². The molecule has 0 bridgehead atoms. The number of rotatable bonds is 1. The van der Waals surface area contributed by atoms with E-state index in [2.05, 4.69) is 30.3 Å². The van der Waals surface area contributed by atoms with Gasteiger partial charge in [-0.05, 0) is 0 Å². The van der Waals surface area contributed by atoms with Crippen LogP contribution in [0.5, 0.6) is 0 Å². The molecule has 0 saturated carbocycles. The van der Waals surface area contributed by atoms with Gasteiger partial charge in [-0.2, -0.15) is 0 Å². The topological polar surface area (TPSA) is 0 Å². The fraction of sp³-hybridized carbons (Fsp3) is 0.143. The molecule has 0 aliphatic heterocycles. The van der Waals surface area contributed by atoms with Gasteiger partial charge in [0, 0.05) is 0 Å². The Hall–Kier alpha value is 0.211. The van der Waals surface area contributed by atoms with Gasteiger partial charge in [-0.25, -0.2) is 0 Å². The summed E-state index contributed by atoms with van der Waals surface area (Å²) in [6, 6.07) is 10.6. The van der Waals surface area contributed by atoms with Crippen LogP contribution in [0.4, 0.5) is 51.8 Å². The van der Waals surface area contributed by atoms with Crippen LogP contribution in [0.2, 0.25) is 0 Å². The van der Waals surface area contributed by atoms with Gasteiger partial charge in [0.05, 0.1) is 0 Å². The van der Waals surface area contributed by atoms with Crippen LogP contribution in [0.25, 0.3) is 0 Å². The van der Waals surface area contributed by atoms with E-state index in [4.69, 9.17) is 0 Å². The third-order valence-electron chi connectivity index (χ3n) is 1.25. The summed E-state index contributed by atoms with van der Waals surface area (Å²) in [4.78, 5) is 0.